The fourth-order valence-corrected chi connectivity index (χ4v) is 2.38. The molecule has 0 aliphatic carbocycles. The molecule has 0 aromatic carbocycles. The molecular formula is C8H13NOS2. The minimum atomic E-state index is 0.282. The molecule has 2 nitrogen and oxygen atoms in total. The molecule has 68 valence electrons. The van der Waals surface area contributed by atoms with Gasteiger partial charge in [0.05, 0.1) is 11.2 Å². The first kappa shape index (κ1) is 10.0. The molecular weight excluding hydrogens is 190 g/mol. The number of aromatic nitrogens is 1. The van der Waals surface area contributed by atoms with Crippen LogP contribution in [0.1, 0.15) is 12.6 Å². The van der Waals surface area contributed by atoms with Crippen LogP contribution >= 0.6 is 23.1 Å². The lowest BCUT2D eigenvalue weighted by Crippen LogP contribution is -2.03. The largest absolute Gasteiger partial charge is 0.396 e. The molecule has 0 spiro atoms. The van der Waals surface area contributed by atoms with Crippen LogP contribution in [-0.2, 0) is 5.75 Å². The topological polar surface area (TPSA) is 33.1 Å². The molecule has 1 rings (SSSR count). The number of thioether (sulfide) groups is 1. The molecule has 0 radical (unpaired) electrons. The molecule has 12 heavy (non-hydrogen) atoms. The highest BCUT2D eigenvalue weighted by Crippen LogP contribution is 2.14. The summed E-state index contributed by atoms with van der Waals surface area (Å²) in [5.74, 6) is 2.37. The van der Waals surface area contributed by atoms with Gasteiger partial charge in [-0.2, -0.15) is 11.8 Å². The fraction of sp³-hybridized carbons (Fsp3) is 0.625. The van der Waals surface area contributed by atoms with E-state index < -0.39 is 0 Å². The third-order valence-electron chi connectivity index (χ3n) is 1.45. The van der Waals surface area contributed by atoms with Gasteiger partial charge in [-0.25, -0.2) is 4.98 Å². The number of aliphatic hydroxyl groups is 1. The zero-order valence-corrected chi connectivity index (χ0v) is 8.70. The Bertz CT molecular complexity index is 201. The molecule has 1 unspecified atom stereocenters. The predicted octanol–water partition coefficient (Wildman–Crippen LogP) is 2.00. The maximum atomic E-state index is 8.77. The Labute approximate surface area is 81.0 Å². The van der Waals surface area contributed by atoms with Crippen molar-refractivity contribution in [1.29, 1.82) is 0 Å². The molecule has 0 saturated carbocycles. The first-order valence-corrected chi connectivity index (χ1v) is 5.98. The summed E-state index contributed by atoms with van der Waals surface area (Å²) in [5, 5.41) is 10.8. The molecule has 1 atom stereocenters. The Hall–Kier alpha value is -0.0600. The van der Waals surface area contributed by atoms with Crippen molar-refractivity contribution in [2.45, 2.75) is 12.7 Å². The average Bonchev–Trinajstić information content (AvgIpc) is 2.57. The highest BCUT2D eigenvalue weighted by atomic mass is 32.2. The fourth-order valence-electron chi connectivity index (χ4n) is 0.726. The van der Waals surface area contributed by atoms with Crippen molar-refractivity contribution in [3.05, 3.63) is 16.6 Å². The van der Waals surface area contributed by atoms with E-state index in [9.17, 15) is 0 Å². The number of hydrogen-bond acceptors (Lipinski definition) is 4. The van der Waals surface area contributed by atoms with Crippen LogP contribution in [0.3, 0.4) is 0 Å². The summed E-state index contributed by atoms with van der Waals surface area (Å²) in [6.07, 6.45) is 0. The highest BCUT2D eigenvalue weighted by molar-refractivity contribution is 7.98. The van der Waals surface area contributed by atoms with Crippen molar-refractivity contribution in [3.8, 4) is 0 Å². The predicted molar refractivity (Wildman–Crippen MR) is 54.5 cm³/mol. The second-order valence-electron chi connectivity index (χ2n) is 2.78. The van der Waals surface area contributed by atoms with Gasteiger partial charge in [0.1, 0.15) is 0 Å². The summed E-state index contributed by atoms with van der Waals surface area (Å²) in [6.45, 7) is 2.33. The van der Waals surface area contributed by atoms with Crippen molar-refractivity contribution in [1.82, 2.24) is 4.98 Å². The molecule has 0 amide bonds. The third-order valence-corrected chi connectivity index (χ3v) is 3.39. The minimum absolute atomic E-state index is 0.282. The van der Waals surface area contributed by atoms with E-state index in [2.05, 4.69) is 10.4 Å². The summed E-state index contributed by atoms with van der Waals surface area (Å²) < 4.78 is 0. The van der Waals surface area contributed by atoms with Crippen LogP contribution < -0.4 is 0 Å². The van der Waals surface area contributed by atoms with Crippen LogP contribution in [0.25, 0.3) is 0 Å². The van der Waals surface area contributed by atoms with Gasteiger partial charge in [0.2, 0.25) is 0 Å². The van der Waals surface area contributed by atoms with Crippen LogP contribution in [0.2, 0.25) is 0 Å². The van der Waals surface area contributed by atoms with Crippen LogP contribution in [-0.4, -0.2) is 22.5 Å². The Balaban J connectivity index is 2.11. The number of aliphatic hydroxyl groups excluding tert-OH is 1. The Kier molecular flexibility index (Phi) is 4.65. The molecule has 0 aliphatic rings. The van der Waals surface area contributed by atoms with E-state index in [0.717, 1.165) is 17.2 Å². The van der Waals surface area contributed by atoms with Crippen molar-refractivity contribution in [2.24, 2.45) is 5.92 Å². The molecule has 1 heterocycles. The SMILES string of the molecule is CC(CO)CSCc1cscn1. The summed E-state index contributed by atoms with van der Waals surface area (Å²) in [4.78, 5) is 4.17. The summed E-state index contributed by atoms with van der Waals surface area (Å²) in [6, 6.07) is 0. The molecule has 1 N–H and O–H groups in total. The number of nitrogens with zero attached hydrogens (tertiary/aromatic N) is 1. The second-order valence-corrected chi connectivity index (χ2v) is 4.53. The Morgan fingerprint density at radius 3 is 3.17 bits per heavy atom. The van der Waals surface area contributed by atoms with Gasteiger partial charge in [-0.3, -0.25) is 0 Å². The molecule has 0 saturated heterocycles. The van der Waals surface area contributed by atoms with E-state index in [1.807, 2.05) is 24.2 Å². The van der Waals surface area contributed by atoms with Crippen LogP contribution in [0.5, 0.6) is 0 Å². The Morgan fingerprint density at radius 2 is 2.58 bits per heavy atom. The third kappa shape index (κ3) is 3.56. The van der Waals surface area contributed by atoms with E-state index in [0.29, 0.717) is 5.92 Å². The van der Waals surface area contributed by atoms with Crippen molar-refractivity contribution < 1.29 is 5.11 Å². The number of thiazole rings is 1. The first-order chi connectivity index (χ1) is 5.83. The van der Waals surface area contributed by atoms with E-state index in [1.54, 1.807) is 11.3 Å². The molecule has 0 bridgehead atoms. The Morgan fingerprint density at radius 1 is 1.75 bits per heavy atom. The first-order valence-electron chi connectivity index (χ1n) is 3.88. The van der Waals surface area contributed by atoms with Crippen molar-refractivity contribution in [2.75, 3.05) is 12.4 Å². The van der Waals surface area contributed by atoms with Gasteiger partial charge in [-0.15, -0.1) is 11.3 Å². The zero-order valence-electron chi connectivity index (χ0n) is 7.06. The molecule has 0 aliphatic heterocycles. The highest BCUT2D eigenvalue weighted by Gasteiger charge is 2.00. The van der Waals surface area contributed by atoms with Gasteiger partial charge in [0.15, 0.2) is 0 Å². The van der Waals surface area contributed by atoms with E-state index in [-0.39, 0.29) is 6.61 Å². The lowest BCUT2D eigenvalue weighted by molar-refractivity contribution is 0.250. The van der Waals surface area contributed by atoms with E-state index in [4.69, 9.17) is 5.11 Å². The maximum absolute atomic E-state index is 8.77. The van der Waals surface area contributed by atoms with Gasteiger partial charge in [0, 0.05) is 17.7 Å². The summed E-state index contributed by atoms with van der Waals surface area (Å²) in [7, 11) is 0. The monoisotopic (exact) mass is 203 g/mol. The van der Waals surface area contributed by atoms with Crippen LogP contribution in [0, 0.1) is 5.92 Å². The van der Waals surface area contributed by atoms with Crippen molar-refractivity contribution in [3.63, 3.8) is 0 Å². The molecule has 4 heteroatoms. The smallest absolute Gasteiger partial charge is 0.0795 e. The quantitative estimate of drug-likeness (QED) is 0.794. The summed E-state index contributed by atoms with van der Waals surface area (Å²) in [5.41, 5.74) is 3.00. The van der Waals surface area contributed by atoms with Gasteiger partial charge >= 0.3 is 0 Å². The standard InChI is InChI=1S/C8H13NOS2/c1-7(2-10)3-11-4-8-5-12-6-9-8/h5-7,10H,2-4H2,1H3. The molecule has 0 fully saturated rings. The zero-order chi connectivity index (χ0) is 8.81. The normalized spacial score (nSPS) is 13.2. The van der Waals surface area contributed by atoms with Gasteiger partial charge in [0.25, 0.3) is 0 Å². The minimum Gasteiger partial charge on any atom is -0.396 e. The van der Waals surface area contributed by atoms with Crippen LogP contribution in [0.15, 0.2) is 10.9 Å². The average molecular weight is 203 g/mol. The molecule has 1 aromatic rings. The van der Waals surface area contributed by atoms with Gasteiger partial charge in [-0.05, 0) is 11.7 Å². The summed E-state index contributed by atoms with van der Waals surface area (Å²) >= 11 is 3.46. The number of rotatable bonds is 5. The van der Waals surface area contributed by atoms with E-state index >= 15 is 0 Å². The lowest BCUT2D eigenvalue weighted by atomic mass is 10.2. The number of hydrogen-bond donors (Lipinski definition) is 1. The molecule has 1 aromatic heterocycles. The second kappa shape index (κ2) is 5.56. The van der Waals surface area contributed by atoms with Crippen LogP contribution in [0.4, 0.5) is 0 Å². The van der Waals surface area contributed by atoms with Gasteiger partial charge < -0.3 is 5.11 Å². The van der Waals surface area contributed by atoms with Crippen molar-refractivity contribution >= 4 is 23.1 Å². The van der Waals surface area contributed by atoms with E-state index in [1.165, 1.54) is 0 Å². The maximum Gasteiger partial charge on any atom is 0.0795 e. The lowest BCUT2D eigenvalue weighted by Gasteiger charge is -2.05. The van der Waals surface area contributed by atoms with Gasteiger partial charge in [-0.1, -0.05) is 6.92 Å².